The fraction of sp³-hybridized carbons (Fsp3) is 0.154. The van der Waals surface area contributed by atoms with Gasteiger partial charge in [0, 0.05) is 11.6 Å². The summed E-state index contributed by atoms with van der Waals surface area (Å²) >= 11 is 5.79. The zero-order valence-corrected chi connectivity index (χ0v) is 10.5. The second-order valence-electron chi connectivity index (χ2n) is 3.67. The van der Waals surface area contributed by atoms with Crippen LogP contribution in [0.3, 0.4) is 0 Å². The summed E-state index contributed by atoms with van der Waals surface area (Å²) in [4.78, 5) is 3.75. The molecule has 0 aliphatic heterocycles. The van der Waals surface area contributed by atoms with Gasteiger partial charge in [0.25, 0.3) is 5.95 Å². The lowest BCUT2D eigenvalue weighted by molar-refractivity contribution is 0.378. The maximum Gasteiger partial charge on any atom is 0.257 e. The van der Waals surface area contributed by atoms with E-state index in [1.54, 1.807) is 18.2 Å². The van der Waals surface area contributed by atoms with Gasteiger partial charge >= 0.3 is 0 Å². The summed E-state index contributed by atoms with van der Waals surface area (Å²) in [5.74, 6) is -0.0334. The molecule has 2 aromatic rings. The molecule has 0 radical (unpaired) electrons. The van der Waals surface area contributed by atoms with Crippen LogP contribution in [0.2, 0.25) is 5.02 Å². The van der Waals surface area contributed by atoms with Crippen molar-refractivity contribution in [1.82, 2.24) is 4.98 Å². The first-order chi connectivity index (χ1) is 8.69. The van der Waals surface area contributed by atoms with Crippen molar-refractivity contribution in [1.29, 1.82) is 0 Å². The van der Waals surface area contributed by atoms with Crippen LogP contribution in [0, 0.1) is 5.95 Å². The predicted octanol–water partition coefficient (Wildman–Crippen LogP) is 3.49. The number of anilines is 1. The molecule has 0 spiro atoms. The lowest BCUT2D eigenvalue weighted by atomic mass is 10.2. The van der Waals surface area contributed by atoms with Crippen molar-refractivity contribution in [3.8, 4) is 5.75 Å². The van der Waals surface area contributed by atoms with E-state index >= 15 is 0 Å². The lowest BCUT2D eigenvalue weighted by Crippen LogP contribution is -2.03. The van der Waals surface area contributed by atoms with Crippen molar-refractivity contribution in [3.63, 3.8) is 0 Å². The molecule has 5 heteroatoms. The standard InChI is InChI=1S/C13H12ClFN2O/c1-18-11-6-7-12(17-13(11)15)16-8-9-2-4-10(14)5-3-9/h2-7H,8H2,1H3,(H,16,17). The molecule has 0 bridgehead atoms. The molecule has 0 amide bonds. The second kappa shape index (κ2) is 5.69. The number of rotatable bonds is 4. The van der Waals surface area contributed by atoms with E-state index in [2.05, 4.69) is 10.3 Å². The average Bonchev–Trinajstić information content (AvgIpc) is 2.38. The monoisotopic (exact) mass is 266 g/mol. The highest BCUT2D eigenvalue weighted by molar-refractivity contribution is 6.30. The van der Waals surface area contributed by atoms with Crippen LogP contribution in [0.5, 0.6) is 5.75 Å². The number of pyridine rings is 1. The van der Waals surface area contributed by atoms with E-state index in [1.807, 2.05) is 12.1 Å². The third kappa shape index (κ3) is 3.11. The number of nitrogens with one attached hydrogen (secondary N) is 1. The van der Waals surface area contributed by atoms with E-state index in [0.717, 1.165) is 5.56 Å². The van der Waals surface area contributed by atoms with Gasteiger partial charge in [-0.25, -0.2) is 0 Å². The molecule has 0 aliphatic carbocycles. The van der Waals surface area contributed by atoms with Crippen molar-refractivity contribution in [2.75, 3.05) is 12.4 Å². The van der Waals surface area contributed by atoms with E-state index < -0.39 is 5.95 Å². The molecule has 1 N–H and O–H groups in total. The molecule has 0 fully saturated rings. The molecule has 0 atom stereocenters. The lowest BCUT2D eigenvalue weighted by Gasteiger charge is -2.07. The molecule has 0 aliphatic rings. The molecule has 0 unspecified atom stereocenters. The van der Waals surface area contributed by atoms with Gasteiger partial charge in [0.1, 0.15) is 5.82 Å². The van der Waals surface area contributed by atoms with Crippen LogP contribution in [-0.4, -0.2) is 12.1 Å². The first-order valence-electron chi connectivity index (χ1n) is 5.38. The number of aromatic nitrogens is 1. The SMILES string of the molecule is COc1ccc(NCc2ccc(Cl)cc2)nc1F. The van der Waals surface area contributed by atoms with Gasteiger partial charge < -0.3 is 10.1 Å². The Morgan fingerprint density at radius 2 is 1.94 bits per heavy atom. The van der Waals surface area contributed by atoms with Gasteiger partial charge in [0.2, 0.25) is 0 Å². The summed E-state index contributed by atoms with van der Waals surface area (Å²) in [6.45, 7) is 0.552. The summed E-state index contributed by atoms with van der Waals surface area (Å²) in [7, 11) is 1.40. The Kier molecular flexibility index (Phi) is 3.99. The minimum absolute atomic E-state index is 0.132. The average molecular weight is 267 g/mol. The van der Waals surface area contributed by atoms with Crippen LogP contribution < -0.4 is 10.1 Å². The van der Waals surface area contributed by atoms with Crippen molar-refractivity contribution >= 4 is 17.4 Å². The molecular formula is C13H12ClFN2O. The van der Waals surface area contributed by atoms with Gasteiger partial charge in [-0.15, -0.1) is 0 Å². The van der Waals surface area contributed by atoms with Gasteiger partial charge in [0.05, 0.1) is 7.11 Å². The molecule has 1 heterocycles. The molecular weight excluding hydrogens is 255 g/mol. The maximum absolute atomic E-state index is 13.3. The van der Waals surface area contributed by atoms with E-state index in [-0.39, 0.29) is 5.75 Å². The zero-order chi connectivity index (χ0) is 13.0. The first kappa shape index (κ1) is 12.6. The zero-order valence-electron chi connectivity index (χ0n) is 9.78. The Balaban J connectivity index is 2.02. The number of hydrogen-bond acceptors (Lipinski definition) is 3. The molecule has 94 valence electrons. The van der Waals surface area contributed by atoms with Crippen LogP contribution >= 0.6 is 11.6 Å². The Morgan fingerprint density at radius 3 is 2.56 bits per heavy atom. The van der Waals surface area contributed by atoms with Gasteiger partial charge in [0.15, 0.2) is 5.75 Å². The minimum Gasteiger partial charge on any atom is -0.492 e. The molecule has 0 saturated heterocycles. The van der Waals surface area contributed by atoms with Gasteiger partial charge in [-0.2, -0.15) is 9.37 Å². The van der Waals surface area contributed by atoms with E-state index in [0.29, 0.717) is 17.4 Å². The largest absolute Gasteiger partial charge is 0.492 e. The van der Waals surface area contributed by atoms with E-state index in [9.17, 15) is 4.39 Å². The van der Waals surface area contributed by atoms with E-state index in [4.69, 9.17) is 16.3 Å². The van der Waals surface area contributed by atoms with Crippen LogP contribution in [0.1, 0.15) is 5.56 Å². The van der Waals surface area contributed by atoms with Crippen LogP contribution in [-0.2, 0) is 6.54 Å². The summed E-state index contributed by atoms with van der Waals surface area (Å²) in [5.41, 5.74) is 1.04. The van der Waals surface area contributed by atoms with Gasteiger partial charge in [-0.05, 0) is 29.8 Å². The number of methoxy groups -OCH3 is 1. The Hall–Kier alpha value is -1.81. The molecule has 2 rings (SSSR count). The normalized spacial score (nSPS) is 10.2. The fourth-order valence-corrected chi connectivity index (χ4v) is 1.59. The van der Waals surface area contributed by atoms with E-state index in [1.165, 1.54) is 13.2 Å². The summed E-state index contributed by atoms with van der Waals surface area (Å²) in [5, 5.41) is 3.71. The van der Waals surface area contributed by atoms with Crippen LogP contribution in [0.4, 0.5) is 10.2 Å². The Bertz CT molecular complexity index is 531. The highest BCUT2D eigenvalue weighted by atomic mass is 35.5. The predicted molar refractivity (Wildman–Crippen MR) is 69.5 cm³/mol. The number of halogens is 2. The molecule has 18 heavy (non-hydrogen) atoms. The number of ether oxygens (including phenoxy) is 1. The van der Waals surface area contributed by atoms with Crippen molar-refractivity contribution in [2.45, 2.75) is 6.54 Å². The molecule has 1 aromatic heterocycles. The molecule has 1 aromatic carbocycles. The van der Waals surface area contributed by atoms with Crippen molar-refractivity contribution in [3.05, 3.63) is 52.9 Å². The smallest absolute Gasteiger partial charge is 0.257 e. The summed E-state index contributed by atoms with van der Waals surface area (Å²) < 4.78 is 18.1. The quantitative estimate of drug-likeness (QED) is 0.860. The van der Waals surface area contributed by atoms with Crippen molar-refractivity contribution in [2.24, 2.45) is 0 Å². The highest BCUT2D eigenvalue weighted by Crippen LogP contribution is 2.17. The van der Waals surface area contributed by atoms with Crippen molar-refractivity contribution < 1.29 is 9.13 Å². The van der Waals surface area contributed by atoms with Gasteiger partial charge in [-0.1, -0.05) is 23.7 Å². The fourth-order valence-electron chi connectivity index (χ4n) is 1.47. The second-order valence-corrected chi connectivity index (χ2v) is 4.11. The number of hydrogen-bond donors (Lipinski definition) is 1. The number of benzene rings is 1. The van der Waals surface area contributed by atoms with Gasteiger partial charge in [-0.3, -0.25) is 0 Å². The van der Waals surface area contributed by atoms with Crippen LogP contribution in [0.15, 0.2) is 36.4 Å². The topological polar surface area (TPSA) is 34.1 Å². The molecule has 0 saturated carbocycles. The third-order valence-corrected chi connectivity index (χ3v) is 2.67. The minimum atomic E-state index is -0.626. The Labute approximate surface area is 110 Å². The Morgan fingerprint density at radius 1 is 1.22 bits per heavy atom. The number of nitrogens with zero attached hydrogens (tertiary/aromatic N) is 1. The first-order valence-corrected chi connectivity index (χ1v) is 5.75. The summed E-state index contributed by atoms with van der Waals surface area (Å²) in [6, 6.07) is 10.6. The third-order valence-electron chi connectivity index (χ3n) is 2.42. The maximum atomic E-state index is 13.3. The highest BCUT2D eigenvalue weighted by Gasteiger charge is 2.04. The summed E-state index contributed by atoms with van der Waals surface area (Å²) in [6.07, 6.45) is 0. The molecule has 3 nitrogen and oxygen atoms in total. The van der Waals surface area contributed by atoms with Crippen LogP contribution in [0.25, 0.3) is 0 Å².